The fourth-order valence-corrected chi connectivity index (χ4v) is 4.88. The van der Waals surface area contributed by atoms with Crippen molar-refractivity contribution in [1.82, 2.24) is 15.0 Å². The molecule has 1 aliphatic carbocycles. The Morgan fingerprint density at radius 3 is 2.46 bits per heavy atom. The van der Waals surface area contributed by atoms with Crippen LogP contribution in [-0.4, -0.2) is 84.6 Å². The number of aliphatic hydroxyl groups excluding tert-OH is 1. The van der Waals surface area contributed by atoms with Gasteiger partial charge in [-0.15, -0.1) is 0 Å². The summed E-state index contributed by atoms with van der Waals surface area (Å²) in [6, 6.07) is 3.56. The number of aromatic nitrogens is 3. The minimum absolute atomic E-state index is 0.0640. The van der Waals surface area contributed by atoms with Gasteiger partial charge >= 0.3 is 0 Å². The van der Waals surface area contributed by atoms with E-state index in [-0.39, 0.29) is 18.2 Å². The normalized spacial score (nSPS) is 19.0. The Balaban J connectivity index is 1.41. The van der Waals surface area contributed by atoms with Crippen LogP contribution >= 0.6 is 0 Å². The molecule has 0 unspecified atom stereocenters. The third-order valence-electron chi connectivity index (χ3n) is 7.51. The predicted molar refractivity (Wildman–Crippen MR) is 142 cm³/mol. The number of morpholine rings is 1. The topological polar surface area (TPSA) is 125 Å². The molecule has 0 atom stereocenters. The number of carbonyl (C=O) groups excluding carboxylic acids is 1. The summed E-state index contributed by atoms with van der Waals surface area (Å²) in [5.41, 5.74) is 0.161. The first-order valence-corrected chi connectivity index (χ1v) is 13.0. The van der Waals surface area contributed by atoms with E-state index in [0.717, 1.165) is 44.8 Å². The molecule has 11 nitrogen and oxygen atoms in total. The number of hydrogen-bond donors (Lipinski definition) is 3. The smallest absolute Gasteiger partial charge is 0.279 e. The van der Waals surface area contributed by atoms with Crippen molar-refractivity contribution in [3.8, 4) is 5.75 Å². The Morgan fingerprint density at radius 1 is 1.08 bits per heavy atom. The monoisotopic (exact) mass is 511 g/mol. The summed E-state index contributed by atoms with van der Waals surface area (Å²) < 4.78 is 10.9. The van der Waals surface area contributed by atoms with Gasteiger partial charge in [-0.1, -0.05) is 0 Å². The average Bonchev–Trinajstić information content (AvgIpc) is 3.67. The highest BCUT2D eigenvalue weighted by Gasteiger charge is 2.45. The first-order valence-electron chi connectivity index (χ1n) is 13.0. The number of anilines is 4. The number of amides is 1. The van der Waals surface area contributed by atoms with Crippen LogP contribution in [0.4, 0.5) is 23.3 Å². The molecule has 3 aliphatic rings. The summed E-state index contributed by atoms with van der Waals surface area (Å²) in [6.07, 6.45) is 6.31. The number of ether oxygens (including phenoxy) is 2. The van der Waals surface area contributed by atoms with E-state index in [1.54, 1.807) is 19.4 Å². The maximum absolute atomic E-state index is 13.5. The van der Waals surface area contributed by atoms with Crippen LogP contribution in [0.15, 0.2) is 18.3 Å². The van der Waals surface area contributed by atoms with Crippen LogP contribution in [0.3, 0.4) is 0 Å². The van der Waals surface area contributed by atoms with Gasteiger partial charge in [0.15, 0.2) is 11.5 Å². The van der Waals surface area contributed by atoms with Crippen LogP contribution in [0.25, 0.3) is 0 Å². The van der Waals surface area contributed by atoms with Crippen molar-refractivity contribution in [2.24, 2.45) is 5.41 Å². The molecule has 2 aliphatic heterocycles. The van der Waals surface area contributed by atoms with E-state index in [0.29, 0.717) is 41.8 Å². The number of methoxy groups -OCH3 is 1. The lowest BCUT2D eigenvalue weighted by Gasteiger charge is -2.34. The molecule has 4 heterocycles. The van der Waals surface area contributed by atoms with Gasteiger partial charge in [-0.3, -0.25) is 4.79 Å². The molecular weight excluding hydrogens is 474 g/mol. The third kappa shape index (κ3) is 5.88. The zero-order valence-electron chi connectivity index (χ0n) is 21.9. The molecule has 3 fully saturated rings. The summed E-state index contributed by atoms with van der Waals surface area (Å²) >= 11 is 0. The number of piperidine rings is 1. The summed E-state index contributed by atoms with van der Waals surface area (Å²) in [6.45, 7) is 8.07. The van der Waals surface area contributed by atoms with Crippen LogP contribution in [0, 0.1) is 5.41 Å². The lowest BCUT2D eigenvalue weighted by Crippen LogP contribution is -2.38. The summed E-state index contributed by atoms with van der Waals surface area (Å²) in [4.78, 5) is 31.8. The molecule has 37 heavy (non-hydrogen) atoms. The first kappa shape index (κ1) is 25.5. The van der Waals surface area contributed by atoms with E-state index in [1.807, 2.05) is 19.9 Å². The van der Waals surface area contributed by atoms with Crippen molar-refractivity contribution >= 4 is 29.2 Å². The fourth-order valence-electron chi connectivity index (χ4n) is 4.88. The summed E-state index contributed by atoms with van der Waals surface area (Å²) in [5, 5.41) is 15.8. The highest BCUT2D eigenvalue weighted by Crippen LogP contribution is 2.54. The Hall–Kier alpha value is -3.18. The van der Waals surface area contributed by atoms with Crippen LogP contribution in [0.2, 0.25) is 0 Å². The second-order valence-electron chi connectivity index (χ2n) is 10.9. The van der Waals surface area contributed by atoms with Crippen LogP contribution < -0.4 is 25.2 Å². The van der Waals surface area contributed by atoms with Gasteiger partial charge in [-0.2, -0.15) is 0 Å². The van der Waals surface area contributed by atoms with Crippen molar-refractivity contribution in [2.45, 2.75) is 45.1 Å². The van der Waals surface area contributed by atoms with Gasteiger partial charge < -0.3 is 35.0 Å². The number of hydrogen-bond acceptors (Lipinski definition) is 10. The molecule has 200 valence electrons. The maximum atomic E-state index is 13.5. The molecule has 5 rings (SSSR count). The summed E-state index contributed by atoms with van der Waals surface area (Å²) in [5.74, 6) is 2.40. The average molecular weight is 512 g/mol. The van der Waals surface area contributed by atoms with Crippen LogP contribution in [0.5, 0.6) is 5.75 Å². The van der Waals surface area contributed by atoms with E-state index in [1.165, 1.54) is 12.8 Å². The molecular formula is C26H37N7O4. The standard InChI is InChI=1S/C26H37N7O4/c1-25(2,17-34)31-20-16-27-22(23(29-20)33-8-6-26(4-5-26)7-9-33)24(35)30-19-14-18(36-3)15-21(28-19)32-10-12-37-13-11-32/h14-16,34H,4-13,17H2,1-3H3,(H,29,31)(H,28,30,35). The van der Waals surface area contributed by atoms with Gasteiger partial charge in [0.1, 0.15) is 23.2 Å². The molecule has 0 radical (unpaired) electrons. The lowest BCUT2D eigenvalue weighted by molar-refractivity contribution is 0.102. The van der Waals surface area contributed by atoms with Crippen LogP contribution in [0.1, 0.15) is 50.0 Å². The van der Waals surface area contributed by atoms with E-state index in [2.05, 4.69) is 30.4 Å². The highest BCUT2D eigenvalue weighted by atomic mass is 16.5. The molecule has 1 saturated carbocycles. The van der Waals surface area contributed by atoms with Gasteiger partial charge in [0.2, 0.25) is 0 Å². The second kappa shape index (κ2) is 10.3. The quantitative estimate of drug-likeness (QED) is 0.487. The molecule has 0 bridgehead atoms. The number of nitrogens with zero attached hydrogens (tertiary/aromatic N) is 5. The zero-order chi connectivity index (χ0) is 26.0. The lowest BCUT2D eigenvalue weighted by atomic mass is 9.93. The second-order valence-corrected chi connectivity index (χ2v) is 10.9. The van der Waals surface area contributed by atoms with Crippen LogP contribution in [-0.2, 0) is 4.74 Å². The van der Waals surface area contributed by atoms with Crippen molar-refractivity contribution in [1.29, 1.82) is 0 Å². The van der Waals surface area contributed by atoms with E-state index < -0.39 is 5.54 Å². The SMILES string of the molecule is COc1cc(NC(=O)c2ncc(NC(C)(C)CO)nc2N2CCC3(CC2)CC3)nc(N2CCOCC2)c1. The molecule has 2 saturated heterocycles. The largest absolute Gasteiger partial charge is 0.496 e. The Bertz CT molecular complexity index is 1120. The zero-order valence-corrected chi connectivity index (χ0v) is 21.9. The van der Waals surface area contributed by atoms with Gasteiger partial charge in [-0.25, -0.2) is 15.0 Å². The highest BCUT2D eigenvalue weighted by molar-refractivity contribution is 6.06. The molecule has 1 amide bonds. The number of aliphatic hydroxyl groups is 1. The number of pyridine rings is 1. The Kier molecular flexibility index (Phi) is 7.09. The molecule has 1 spiro atoms. The molecule has 2 aromatic heterocycles. The van der Waals surface area contributed by atoms with Gasteiger partial charge in [-0.05, 0) is 44.9 Å². The molecule has 0 aromatic carbocycles. The van der Waals surface area contributed by atoms with Crippen molar-refractivity contribution in [3.05, 3.63) is 24.0 Å². The molecule has 11 heteroatoms. The molecule has 2 aromatic rings. The van der Waals surface area contributed by atoms with Gasteiger partial charge in [0, 0.05) is 38.3 Å². The van der Waals surface area contributed by atoms with Crippen molar-refractivity contribution in [3.63, 3.8) is 0 Å². The maximum Gasteiger partial charge on any atom is 0.279 e. The van der Waals surface area contributed by atoms with Crippen molar-refractivity contribution < 1.29 is 19.4 Å². The predicted octanol–water partition coefficient (Wildman–Crippen LogP) is 2.53. The molecule has 3 N–H and O–H groups in total. The van der Waals surface area contributed by atoms with Crippen molar-refractivity contribution in [2.75, 3.05) is 73.5 Å². The first-order chi connectivity index (χ1) is 17.8. The van der Waals surface area contributed by atoms with Gasteiger partial charge in [0.25, 0.3) is 5.91 Å². The Morgan fingerprint density at radius 2 is 1.81 bits per heavy atom. The Labute approximate surface area is 217 Å². The van der Waals surface area contributed by atoms with E-state index in [9.17, 15) is 9.90 Å². The summed E-state index contributed by atoms with van der Waals surface area (Å²) in [7, 11) is 1.59. The number of carbonyl (C=O) groups is 1. The van der Waals surface area contributed by atoms with Gasteiger partial charge in [0.05, 0.1) is 38.7 Å². The minimum Gasteiger partial charge on any atom is -0.496 e. The third-order valence-corrected chi connectivity index (χ3v) is 7.51. The minimum atomic E-state index is -0.573. The van der Waals surface area contributed by atoms with E-state index >= 15 is 0 Å². The number of rotatable bonds is 8. The van der Waals surface area contributed by atoms with E-state index in [4.69, 9.17) is 14.5 Å². The number of nitrogens with one attached hydrogen (secondary N) is 2. The fraction of sp³-hybridized carbons (Fsp3) is 0.615.